The normalized spacial score (nSPS) is 10.2. The molecule has 3 nitrogen and oxygen atoms in total. The summed E-state index contributed by atoms with van der Waals surface area (Å²) in [5, 5.41) is 3.10. The second-order valence-corrected chi connectivity index (χ2v) is 4.73. The summed E-state index contributed by atoms with van der Waals surface area (Å²) < 4.78 is 19.1. The summed E-state index contributed by atoms with van der Waals surface area (Å²) >= 11 is 1.95. The monoisotopic (exact) mass is 358 g/mol. The van der Waals surface area contributed by atoms with Crippen LogP contribution in [0.4, 0.5) is 21.5 Å². The number of benzene rings is 2. The molecule has 0 unspecified atom stereocenters. The van der Waals surface area contributed by atoms with Crippen molar-refractivity contribution in [2.24, 2.45) is 0 Å². The van der Waals surface area contributed by atoms with Crippen molar-refractivity contribution in [1.29, 1.82) is 0 Å². The van der Waals surface area contributed by atoms with Gasteiger partial charge in [0.25, 0.3) is 0 Å². The molecule has 18 heavy (non-hydrogen) atoms. The first-order valence-corrected chi connectivity index (χ1v) is 6.35. The molecule has 5 heteroatoms. The Bertz CT molecular complexity index is 575. The summed E-state index contributed by atoms with van der Waals surface area (Å²) in [4.78, 5) is 0. The Morgan fingerprint density at radius 3 is 2.56 bits per heavy atom. The predicted molar refractivity (Wildman–Crippen MR) is 79.8 cm³/mol. The minimum absolute atomic E-state index is 0.262. The van der Waals surface area contributed by atoms with Crippen LogP contribution in [0.5, 0.6) is 5.75 Å². The van der Waals surface area contributed by atoms with Crippen molar-refractivity contribution in [1.82, 2.24) is 0 Å². The molecule has 2 aromatic carbocycles. The van der Waals surface area contributed by atoms with E-state index in [1.54, 1.807) is 25.3 Å². The first-order valence-electron chi connectivity index (χ1n) is 5.27. The van der Waals surface area contributed by atoms with E-state index >= 15 is 0 Å². The van der Waals surface area contributed by atoms with Gasteiger partial charge in [-0.2, -0.15) is 0 Å². The molecule has 3 N–H and O–H groups in total. The topological polar surface area (TPSA) is 47.3 Å². The molecule has 2 aromatic rings. The summed E-state index contributed by atoms with van der Waals surface area (Å²) in [5.74, 6) is 0.327. The zero-order valence-electron chi connectivity index (χ0n) is 9.71. The van der Waals surface area contributed by atoms with Crippen LogP contribution in [0.2, 0.25) is 0 Å². The van der Waals surface area contributed by atoms with Crippen LogP contribution in [0.3, 0.4) is 0 Å². The minimum Gasteiger partial charge on any atom is -0.495 e. The van der Waals surface area contributed by atoms with Crippen LogP contribution in [0.1, 0.15) is 0 Å². The van der Waals surface area contributed by atoms with Crippen LogP contribution in [-0.4, -0.2) is 7.11 Å². The van der Waals surface area contributed by atoms with Gasteiger partial charge in [0, 0.05) is 0 Å². The van der Waals surface area contributed by atoms with Gasteiger partial charge in [0.2, 0.25) is 0 Å². The van der Waals surface area contributed by atoms with Gasteiger partial charge in [0.1, 0.15) is 11.6 Å². The molecule has 0 bridgehead atoms. The molecule has 0 saturated heterocycles. The zero-order chi connectivity index (χ0) is 13.1. The third kappa shape index (κ3) is 2.50. The molecule has 0 atom stereocenters. The second kappa shape index (κ2) is 5.43. The fourth-order valence-corrected chi connectivity index (χ4v) is 2.07. The molecule has 0 aliphatic heterocycles. The molecule has 0 aromatic heterocycles. The molecule has 0 aliphatic rings. The van der Waals surface area contributed by atoms with E-state index in [0.29, 0.717) is 26.4 Å². The summed E-state index contributed by atoms with van der Waals surface area (Å²) in [6.07, 6.45) is 0. The summed E-state index contributed by atoms with van der Waals surface area (Å²) in [6, 6.07) is 10.3. The SMILES string of the molecule is COc1cccc(Nc2cccc(F)c2I)c1N. The lowest BCUT2D eigenvalue weighted by atomic mass is 10.2. The van der Waals surface area contributed by atoms with Crippen molar-refractivity contribution in [3.8, 4) is 5.75 Å². The highest BCUT2D eigenvalue weighted by atomic mass is 127. The van der Waals surface area contributed by atoms with Crippen LogP contribution >= 0.6 is 22.6 Å². The lowest BCUT2D eigenvalue weighted by molar-refractivity contribution is 0.417. The number of nitrogens with two attached hydrogens (primary N) is 1. The number of anilines is 3. The number of halogens is 2. The number of para-hydroxylation sites is 1. The third-order valence-corrected chi connectivity index (χ3v) is 3.60. The lowest BCUT2D eigenvalue weighted by Crippen LogP contribution is -2.00. The van der Waals surface area contributed by atoms with E-state index < -0.39 is 0 Å². The number of hydrogen-bond donors (Lipinski definition) is 2. The number of nitrogen functional groups attached to an aromatic ring is 1. The molecule has 94 valence electrons. The summed E-state index contributed by atoms with van der Waals surface area (Å²) in [5.41, 5.74) is 7.82. The number of rotatable bonds is 3. The Labute approximate surface area is 118 Å². The third-order valence-electron chi connectivity index (χ3n) is 2.51. The van der Waals surface area contributed by atoms with Crippen molar-refractivity contribution < 1.29 is 9.13 Å². The maximum absolute atomic E-state index is 13.4. The molecule has 0 aliphatic carbocycles. The van der Waals surface area contributed by atoms with E-state index in [2.05, 4.69) is 5.32 Å². The van der Waals surface area contributed by atoms with Crippen LogP contribution in [0.15, 0.2) is 36.4 Å². The average Bonchev–Trinajstić information content (AvgIpc) is 2.37. The van der Waals surface area contributed by atoms with Gasteiger partial charge in [-0.1, -0.05) is 12.1 Å². The van der Waals surface area contributed by atoms with Crippen molar-refractivity contribution in [2.45, 2.75) is 0 Å². The molecular formula is C13H12FIN2O. The van der Waals surface area contributed by atoms with Gasteiger partial charge < -0.3 is 15.8 Å². The quantitative estimate of drug-likeness (QED) is 0.649. The molecular weight excluding hydrogens is 346 g/mol. The Hall–Kier alpha value is -1.50. The first kappa shape index (κ1) is 12.9. The van der Waals surface area contributed by atoms with Gasteiger partial charge in [-0.15, -0.1) is 0 Å². The van der Waals surface area contributed by atoms with Crippen molar-refractivity contribution in [3.05, 3.63) is 45.8 Å². The van der Waals surface area contributed by atoms with Gasteiger partial charge >= 0.3 is 0 Å². The van der Waals surface area contributed by atoms with Crippen molar-refractivity contribution >= 4 is 39.7 Å². The molecule has 0 fully saturated rings. The Morgan fingerprint density at radius 2 is 1.83 bits per heavy atom. The average molecular weight is 358 g/mol. The van der Waals surface area contributed by atoms with Gasteiger partial charge in [0.15, 0.2) is 0 Å². The van der Waals surface area contributed by atoms with Crippen LogP contribution in [0, 0.1) is 9.39 Å². The minimum atomic E-state index is -0.262. The van der Waals surface area contributed by atoms with Crippen molar-refractivity contribution in [3.63, 3.8) is 0 Å². The number of ether oxygens (including phenoxy) is 1. The van der Waals surface area contributed by atoms with Crippen molar-refractivity contribution in [2.75, 3.05) is 18.2 Å². The second-order valence-electron chi connectivity index (χ2n) is 3.65. The van der Waals surface area contributed by atoms with Crippen LogP contribution in [0.25, 0.3) is 0 Å². The Kier molecular flexibility index (Phi) is 3.90. The number of methoxy groups -OCH3 is 1. The number of hydrogen-bond acceptors (Lipinski definition) is 3. The van der Waals surface area contributed by atoms with Gasteiger partial charge in [-0.25, -0.2) is 4.39 Å². The summed E-state index contributed by atoms with van der Waals surface area (Å²) in [7, 11) is 1.56. The molecule has 0 amide bonds. The summed E-state index contributed by atoms with van der Waals surface area (Å²) in [6.45, 7) is 0. The van der Waals surface area contributed by atoms with Gasteiger partial charge in [-0.05, 0) is 46.9 Å². The molecule has 0 spiro atoms. The fourth-order valence-electron chi connectivity index (χ4n) is 1.58. The molecule has 0 heterocycles. The van der Waals surface area contributed by atoms with E-state index in [1.807, 2.05) is 34.7 Å². The largest absolute Gasteiger partial charge is 0.495 e. The van der Waals surface area contributed by atoms with E-state index in [1.165, 1.54) is 6.07 Å². The fraction of sp³-hybridized carbons (Fsp3) is 0.0769. The molecule has 0 saturated carbocycles. The van der Waals surface area contributed by atoms with E-state index in [9.17, 15) is 4.39 Å². The highest BCUT2D eigenvalue weighted by Crippen LogP contribution is 2.33. The van der Waals surface area contributed by atoms with Crippen LogP contribution in [-0.2, 0) is 0 Å². The lowest BCUT2D eigenvalue weighted by Gasteiger charge is -2.13. The Balaban J connectivity index is 2.37. The van der Waals surface area contributed by atoms with Gasteiger partial charge in [-0.3, -0.25) is 0 Å². The maximum atomic E-state index is 13.4. The standard InChI is InChI=1S/C13H12FIN2O/c1-18-11-7-3-6-10(13(11)16)17-9-5-2-4-8(14)12(9)15/h2-7,17H,16H2,1H3. The van der Waals surface area contributed by atoms with Crippen LogP contribution < -0.4 is 15.8 Å². The zero-order valence-corrected chi connectivity index (χ0v) is 11.9. The van der Waals surface area contributed by atoms with Gasteiger partial charge in [0.05, 0.1) is 27.7 Å². The smallest absolute Gasteiger partial charge is 0.143 e. The highest BCUT2D eigenvalue weighted by Gasteiger charge is 2.09. The predicted octanol–water partition coefficient (Wildman–Crippen LogP) is 3.76. The van der Waals surface area contributed by atoms with E-state index in [0.717, 1.165) is 0 Å². The molecule has 2 rings (SSSR count). The Morgan fingerprint density at radius 1 is 1.17 bits per heavy atom. The number of nitrogens with one attached hydrogen (secondary N) is 1. The van der Waals surface area contributed by atoms with E-state index in [-0.39, 0.29) is 5.82 Å². The highest BCUT2D eigenvalue weighted by molar-refractivity contribution is 14.1. The maximum Gasteiger partial charge on any atom is 0.143 e. The van der Waals surface area contributed by atoms with E-state index in [4.69, 9.17) is 10.5 Å². The molecule has 0 radical (unpaired) electrons. The first-order chi connectivity index (χ1) is 8.63.